The van der Waals surface area contributed by atoms with Crippen LogP contribution in [0.15, 0.2) is 35.3 Å². The Morgan fingerprint density at radius 2 is 2.08 bits per heavy atom. The summed E-state index contributed by atoms with van der Waals surface area (Å²) in [5, 5.41) is 3.17. The highest BCUT2D eigenvalue weighted by Gasteiger charge is 2.22. The summed E-state index contributed by atoms with van der Waals surface area (Å²) < 4.78 is 0. The molecule has 146 valence electrons. The first-order valence-electron chi connectivity index (χ1n) is 9.23. The molecule has 1 amide bonds. The van der Waals surface area contributed by atoms with Crippen LogP contribution in [0.5, 0.6) is 0 Å². The lowest BCUT2D eigenvalue weighted by Gasteiger charge is -2.23. The summed E-state index contributed by atoms with van der Waals surface area (Å²) in [6.07, 6.45) is 2.43. The normalized spacial score (nSPS) is 17.6. The van der Waals surface area contributed by atoms with Gasteiger partial charge in [-0.2, -0.15) is 0 Å². The fourth-order valence-corrected chi connectivity index (χ4v) is 3.25. The maximum atomic E-state index is 12.4. The first kappa shape index (κ1) is 22.7. The van der Waals surface area contributed by atoms with Gasteiger partial charge in [-0.3, -0.25) is 9.69 Å². The van der Waals surface area contributed by atoms with Crippen molar-refractivity contribution < 1.29 is 4.79 Å². The van der Waals surface area contributed by atoms with E-state index in [1.54, 1.807) is 4.90 Å². The van der Waals surface area contributed by atoms with Crippen molar-refractivity contribution in [1.29, 1.82) is 0 Å². The molecule has 1 saturated heterocycles. The second-order valence-corrected chi connectivity index (χ2v) is 6.40. The number of nitrogens with two attached hydrogens (primary N) is 1. The van der Waals surface area contributed by atoms with Gasteiger partial charge in [-0.25, -0.2) is 4.99 Å². The number of aliphatic imine (C=N–C) groups is 1. The van der Waals surface area contributed by atoms with E-state index < -0.39 is 0 Å². The highest BCUT2D eigenvalue weighted by Crippen LogP contribution is 2.15. The monoisotopic (exact) mass is 473 g/mol. The smallest absolute Gasteiger partial charge is 0.244 e. The third-order valence-electron chi connectivity index (χ3n) is 4.76. The summed E-state index contributed by atoms with van der Waals surface area (Å²) in [6, 6.07) is 10.5. The van der Waals surface area contributed by atoms with Gasteiger partial charge in [-0.05, 0) is 38.4 Å². The Labute approximate surface area is 174 Å². The Hall–Kier alpha value is -1.35. The second kappa shape index (κ2) is 12.1. The maximum absolute atomic E-state index is 12.4. The molecule has 26 heavy (non-hydrogen) atoms. The van der Waals surface area contributed by atoms with E-state index >= 15 is 0 Å². The van der Waals surface area contributed by atoms with Crippen molar-refractivity contribution in [3.63, 3.8) is 0 Å². The van der Waals surface area contributed by atoms with Gasteiger partial charge in [-0.1, -0.05) is 37.3 Å². The van der Waals surface area contributed by atoms with Gasteiger partial charge in [0, 0.05) is 25.7 Å². The summed E-state index contributed by atoms with van der Waals surface area (Å²) in [7, 11) is 0. The zero-order valence-corrected chi connectivity index (χ0v) is 18.2. The highest BCUT2D eigenvalue weighted by atomic mass is 127. The Kier molecular flexibility index (Phi) is 10.6. The standard InChI is InChI=1S/C19H31N5O.HI/c1-3-23-12-8-11-17(23)13-21-19(20)22-14-18(25)24(4-2)15-16-9-6-5-7-10-16;/h5-7,9-10,17H,3-4,8,11-15H2,1-2H3,(H3,20,21,22);1H. The second-order valence-electron chi connectivity index (χ2n) is 6.40. The molecule has 6 nitrogen and oxygen atoms in total. The molecule has 1 aliphatic rings. The van der Waals surface area contributed by atoms with Crippen LogP contribution in [0.4, 0.5) is 0 Å². The van der Waals surface area contributed by atoms with E-state index in [1.807, 2.05) is 37.3 Å². The summed E-state index contributed by atoms with van der Waals surface area (Å²) in [5.41, 5.74) is 7.05. The average Bonchev–Trinajstić information content (AvgIpc) is 3.10. The lowest BCUT2D eigenvalue weighted by Crippen LogP contribution is -2.43. The van der Waals surface area contributed by atoms with Crippen LogP contribution < -0.4 is 11.1 Å². The van der Waals surface area contributed by atoms with Gasteiger partial charge in [-0.15, -0.1) is 24.0 Å². The summed E-state index contributed by atoms with van der Waals surface area (Å²) in [4.78, 5) is 20.8. The number of likely N-dealkylation sites (tertiary alicyclic amines) is 1. The SMILES string of the molecule is CCN(Cc1ccccc1)C(=O)CN=C(N)NCC1CCCN1CC.I. The molecule has 1 aliphatic heterocycles. The van der Waals surface area contributed by atoms with Crippen molar-refractivity contribution in [3.05, 3.63) is 35.9 Å². The van der Waals surface area contributed by atoms with E-state index in [-0.39, 0.29) is 36.4 Å². The van der Waals surface area contributed by atoms with E-state index in [0.29, 0.717) is 25.1 Å². The van der Waals surface area contributed by atoms with E-state index in [9.17, 15) is 4.79 Å². The van der Waals surface area contributed by atoms with E-state index in [2.05, 4.69) is 22.1 Å². The van der Waals surface area contributed by atoms with Gasteiger partial charge in [0.15, 0.2) is 5.96 Å². The maximum Gasteiger partial charge on any atom is 0.244 e. The molecule has 1 heterocycles. The third-order valence-corrected chi connectivity index (χ3v) is 4.76. The zero-order valence-electron chi connectivity index (χ0n) is 15.9. The van der Waals surface area contributed by atoms with E-state index in [0.717, 1.165) is 25.2 Å². The molecule has 1 unspecified atom stereocenters. The Morgan fingerprint density at radius 1 is 1.35 bits per heavy atom. The number of nitrogens with one attached hydrogen (secondary N) is 1. The molecular weight excluding hydrogens is 441 g/mol. The molecule has 0 aliphatic carbocycles. The van der Waals surface area contributed by atoms with Crippen molar-refractivity contribution >= 4 is 35.8 Å². The molecule has 1 fully saturated rings. The molecule has 3 N–H and O–H groups in total. The van der Waals surface area contributed by atoms with Gasteiger partial charge in [0.25, 0.3) is 0 Å². The molecule has 7 heteroatoms. The number of nitrogens with zero attached hydrogens (tertiary/aromatic N) is 3. The van der Waals surface area contributed by atoms with Crippen LogP contribution in [0, 0.1) is 0 Å². The predicted octanol–water partition coefficient (Wildman–Crippen LogP) is 2.04. The van der Waals surface area contributed by atoms with Crippen molar-refractivity contribution in [2.75, 3.05) is 32.7 Å². The zero-order chi connectivity index (χ0) is 18.1. The largest absolute Gasteiger partial charge is 0.370 e. The number of amides is 1. The van der Waals surface area contributed by atoms with Crippen LogP contribution in [0.25, 0.3) is 0 Å². The summed E-state index contributed by atoms with van der Waals surface area (Å²) in [5.74, 6) is 0.347. The lowest BCUT2D eigenvalue weighted by molar-refractivity contribution is -0.130. The molecule has 1 atom stereocenters. The third kappa shape index (κ3) is 7.11. The lowest BCUT2D eigenvalue weighted by atomic mass is 10.2. The van der Waals surface area contributed by atoms with Gasteiger partial charge in [0.1, 0.15) is 6.54 Å². The average molecular weight is 473 g/mol. The summed E-state index contributed by atoms with van der Waals surface area (Å²) >= 11 is 0. The molecule has 0 aromatic heterocycles. The van der Waals surface area contributed by atoms with Crippen LogP contribution in [0.3, 0.4) is 0 Å². The number of halogens is 1. The number of guanidine groups is 1. The van der Waals surface area contributed by atoms with Gasteiger partial charge < -0.3 is 16.0 Å². The number of hydrogen-bond donors (Lipinski definition) is 2. The van der Waals surface area contributed by atoms with Gasteiger partial charge >= 0.3 is 0 Å². The van der Waals surface area contributed by atoms with Crippen LogP contribution >= 0.6 is 24.0 Å². The van der Waals surface area contributed by atoms with E-state index in [1.165, 1.54) is 12.8 Å². The van der Waals surface area contributed by atoms with Crippen molar-refractivity contribution in [1.82, 2.24) is 15.1 Å². The number of hydrogen-bond acceptors (Lipinski definition) is 3. The minimum absolute atomic E-state index is 0. The minimum Gasteiger partial charge on any atom is -0.370 e. The fourth-order valence-electron chi connectivity index (χ4n) is 3.25. The first-order chi connectivity index (χ1) is 12.1. The predicted molar refractivity (Wildman–Crippen MR) is 118 cm³/mol. The Bertz CT molecular complexity index is 566. The molecule has 0 radical (unpaired) electrons. The molecule has 1 aromatic carbocycles. The van der Waals surface area contributed by atoms with Crippen molar-refractivity contribution in [3.8, 4) is 0 Å². The van der Waals surface area contributed by atoms with Crippen molar-refractivity contribution in [2.24, 2.45) is 10.7 Å². The molecule has 0 bridgehead atoms. The molecular formula is C19H32IN5O. The van der Waals surface area contributed by atoms with Crippen LogP contribution in [0.2, 0.25) is 0 Å². The molecule has 0 spiro atoms. The van der Waals surface area contributed by atoms with Crippen LogP contribution in [-0.2, 0) is 11.3 Å². The number of likely N-dealkylation sites (N-methyl/N-ethyl adjacent to an activating group) is 2. The van der Waals surface area contributed by atoms with E-state index in [4.69, 9.17) is 5.73 Å². The number of rotatable bonds is 8. The Morgan fingerprint density at radius 3 is 2.73 bits per heavy atom. The molecule has 0 saturated carbocycles. The highest BCUT2D eigenvalue weighted by molar-refractivity contribution is 14.0. The van der Waals surface area contributed by atoms with Crippen molar-refractivity contribution in [2.45, 2.75) is 39.3 Å². The fraction of sp³-hybridized carbons (Fsp3) is 0.579. The quantitative estimate of drug-likeness (QED) is 0.345. The minimum atomic E-state index is -0.00726. The topological polar surface area (TPSA) is 74.0 Å². The number of carbonyl (C=O) groups excluding carboxylic acids is 1. The Balaban J connectivity index is 0.00000338. The molecule has 2 rings (SSSR count). The summed E-state index contributed by atoms with van der Waals surface area (Å²) in [6.45, 7) is 8.51. The number of benzene rings is 1. The first-order valence-corrected chi connectivity index (χ1v) is 9.23. The number of carbonyl (C=O) groups is 1. The van der Waals surface area contributed by atoms with Crippen LogP contribution in [0.1, 0.15) is 32.3 Å². The van der Waals surface area contributed by atoms with Crippen LogP contribution in [-0.4, -0.2) is 60.4 Å². The molecule has 1 aromatic rings. The van der Waals surface area contributed by atoms with Gasteiger partial charge in [0.05, 0.1) is 0 Å². The van der Waals surface area contributed by atoms with Gasteiger partial charge in [0.2, 0.25) is 5.91 Å².